The first-order valence-corrected chi connectivity index (χ1v) is 8.49. The molecule has 0 aliphatic rings. The SMILES string of the molecule is CCN(CC)C(CNC(=O)C(C)n1cncn1)c1ccsc1. The summed E-state index contributed by atoms with van der Waals surface area (Å²) in [5.74, 6) is -0.0436. The summed E-state index contributed by atoms with van der Waals surface area (Å²) in [6.45, 7) is 8.60. The van der Waals surface area contributed by atoms with E-state index in [4.69, 9.17) is 0 Å². The summed E-state index contributed by atoms with van der Waals surface area (Å²) in [5, 5.41) is 11.3. The summed E-state index contributed by atoms with van der Waals surface area (Å²) < 4.78 is 1.56. The van der Waals surface area contributed by atoms with Crippen LogP contribution in [0, 0.1) is 0 Å². The van der Waals surface area contributed by atoms with Gasteiger partial charge in [0.05, 0.1) is 6.04 Å². The summed E-state index contributed by atoms with van der Waals surface area (Å²) in [6, 6.07) is 1.97. The van der Waals surface area contributed by atoms with Gasteiger partial charge in [0.25, 0.3) is 0 Å². The van der Waals surface area contributed by atoms with Crippen LogP contribution in [-0.2, 0) is 4.79 Å². The van der Waals surface area contributed by atoms with Crippen LogP contribution in [0.3, 0.4) is 0 Å². The van der Waals surface area contributed by atoms with Crippen molar-refractivity contribution in [2.45, 2.75) is 32.9 Å². The zero-order valence-electron chi connectivity index (χ0n) is 13.3. The van der Waals surface area contributed by atoms with E-state index in [1.807, 2.05) is 6.92 Å². The first kappa shape index (κ1) is 16.6. The molecule has 7 heteroatoms. The Morgan fingerprint density at radius 1 is 1.45 bits per heavy atom. The lowest BCUT2D eigenvalue weighted by Crippen LogP contribution is -2.40. The van der Waals surface area contributed by atoms with Crippen molar-refractivity contribution in [3.63, 3.8) is 0 Å². The van der Waals surface area contributed by atoms with Gasteiger partial charge in [0.1, 0.15) is 18.7 Å². The smallest absolute Gasteiger partial charge is 0.244 e. The monoisotopic (exact) mass is 321 g/mol. The molecular weight excluding hydrogens is 298 g/mol. The molecule has 2 heterocycles. The van der Waals surface area contributed by atoms with Crippen LogP contribution < -0.4 is 5.32 Å². The minimum Gasteiger partial charge on any atom is -0.352 e. The van der Waals surface area contributed by atoms with E-state index in [0.717, 1.165) is 13.1 Å². The van der Waals surface area contributed by atoms with E-state index >= 15 is 0 Å². The second-order valence-corrected chi connectivity index (χ2v) is 5.87. The Balaban J connectivity index is 2.00. The average molecular weight is 321 g/mol. The Morgan fingerprint density at radius 3 is 2.77 bits per heavy atom. The fraction of sp³-hybridized carbons (Fsp3) is 0.533. The number of aromatic nitrogens is 3. The van der Waals surface area contributed by atoms with E-state index in [1.54, 1.807) is 22.3 Å². The number of carbonyl (C=O) groups excluding carboxylic acids is 1. The van der Waals surface area contributed by atoms with Gasteiger partial charge in [0, 0.05) is 6.54 Å². The molecule has 120 valence electrons. The van der Waals surface area contributed by atoms with E-state index in [1.165, 1.54) is 11.9 Å². The molecule has 2 aromatic rings. The predicted molar refractivity (Wildman–Crippen MR) is 87.7 cm³/mol. The number of thiophene rings is 1. The van der Waals surface area contributed by atoms with Crippen molar-refractivity contribution in [2.75, 3.05) is 19.6 Å². The zero-order valence-corrected chi connectivity index (χ0v) is 14.1. The van der Waals surface area contributed by atoms with Crippen LogP contribution in [-0.4, -0.2) is 45.2 Å². The quantitative estimate of drug-likeness (QED) is 0.809. The van der Waals surface area contributed by atoms with Gasteiger partial charge in [-0.25, -0.2) is 9.67 Å². The van der Waals surface area contributed by atoms with Crippen LogP contribution >= 0.6 is 11.3 Å². The van der Waals surface area contributed by atoms with E-state index in [-0.39, 0.29) is 18.0 Å². The molecule has 0 aliphatic carbocycles. The number of carbonyl (C=O) groups is 1. The first-order chi connectivity index (χ1) is 10.7. The van der Waals surface area contributed by atoms with Crippen molar-refractivity contribution in [2.24, 2.45) is 0 Å². The van der Waals surface area contributed by atoms with Crippen molar-refractivity contribution < 1.29 is 4.79 Å². The number of hydrogen-bond donors (Lipinski definition) is 1. The molecule has 0 bridgehead atoms. The van der Waals surface area contributed by atoms with Gasteiger partial charge in [0.2, 0.25) is 5.91 Å². The van der Waals surface area contributed by atoms with Crippen LogP contribution in [0.1, 0.15) is 38.4 Å². The zero-order chi connectivity index (χ0) is 15.9. The third kappa shape index (κ3) is 3.92. The Morgan fingerprint density at radius 2 is 2.23 bits per heavy atom. The molecule has 0 spiro atoms. The normalized spacial score (nSPS) is 14.0. The molecule has 0 fully saturated rings. The van der Waals surface area contributed by atoms with E-state index in [9.17, 15) is 4.79 Å². The topological polar surface area (TPSA) is 63.1 Å². The number of nitrogens with zero attached hydrogens (tertiary/aromatic N) is 4. The molecule has 6 nitrogen and oxygen atoms in total. The highest BCUT2D eigenvalue weighted by atomic mass is 32.1. The second-order valence-electron chi connectivity index (χ2n) is 5.09. The highest BCUT2D eigenvalue weighted by Crippen LogP contribution is 2.22. The van der Waals surface area contributed by atoms with Gasteiger partial charge in [0.15, 0.2) is 0 Å². The highest BCUT2D eigenvalue weighted by Gasteiger charge is 2.21. The summed E-state index contributed by atoms with van der Waals surface area (Å²) in [4.78, 5) is 18.5. The molecular formula is C15H23N5OS. The Hall–Kier alpha value is -1.73. The van der Waals surface area contributed by atoms with Gasteiger partial charge in [-0.2, -0.15) is 16.4 Å². The molecule has 1 N–H and O–H groups in total. The molecule has 2 aromatic heterocycles. The van der Waals surface area contributed by atoms with E-state index in [2.05, 4.69) is 51.0 Å². The molecule has 2 unspecified atom stereocenters. The molecule has 0 aromatic carbocycles. The molecule has 2 rings (SSSR count). The van der Waals surface area contributed by atoms with Gasteiger partial charge >= 0.3 is 0 Å². The van der Waals surface area contributed by atoms with Crippen LogP contribution in [0.25, 0.3) is 0 Å². The molecule has 0 radical (unpaired) electrons. The first-order valence-electron chi connectivity index (χ1n) is 7.55. The molecule has 1 amide bonds. The van der Waals surface area contributed by atoms with Crippen LogP contribution in [0.15, 0.2) is 29.5 Å². The molecule has 0 saturated carbocycles. The average Bonchev–Trinajstić information content (AvgIpc) is 3.23. The minimum absolute atomic E-state index is 0.0436. The van der Waals surface area contributed by atoms with Crippen molar-refractivity contribution in [1.82, 2.24) is 25.0 Å². The summed E-state index contributed by atoms with van der Waals surface area (Å²) in [7, 11) is 0. The van der Waals surface area contributed by atoms with Gasteiger partial charge in [-0.3, -0.25) is 9.69 Å². The number of likely N-dealkylation sites (N-methyl/N-ethyl adjacent to an activating group) is 1. The van der Waals surface area contributed by atoms with Crippen LogP contribution in [0.5, 0.6) is 0 Å². The Bertz CT molecular complexity index is 551. The van der Waals surface area contributed by atoms with E-state index < -0.39 is 0 Å². The van der Waals surface area contributed by atoms with Gasteiger partial charge < -0.3 is 5.32 Å². The third-order valence-corrected chi connectivity index (χ3v) is 4.57. The lowest BCUT2D eigenvalue weighted by molar-refractivity contribution is -0.124. The lowest BCUT2D eigenvalue weighted by Gasteiger charge is -2.29. The summed E-state index contributed by atoms with van der Waals surface area (Å²) in [6.07, 6.45) is 3.00. The van der Waals surface area contributed by atoms with Crippen molar-refractivity contribution in [3.8, 4) is 0 Å². The summed E-state index contributed by atoms with van der Waals surface area (Å²) in [5.41, 5.74) is 1.25. The highest BCUT2D eigenvalue weighted by molar-refractivity contribution is 7.07. The van der Waals surface area contributed by atoms with Crippen molar-refractivity contribution in [1.29, 1.82) is 0 Å². The third-order valence-electron chi connectivity index (χ3n) is 3.86. The van der Waals surface area contributed by atoms with Crippen LogP contribution in [0.4, 0.5) is 0 Å². The number of rotatable bonds is 8. The maximum absolute atomic E-state index is 12.3. The largest absolute Gasteiger partial charge is 0.352 e. The lowest BCUT2D eigenvalue weighted by atomic mass is 10.1. The maximum Gasteiger partial charge on any atom is 0.244 e. The number of nitrogens with one attached hydrogen (secondary N) is 1. The van der Waals surface area contributed by atoms with Gasteiger partial charge in [-0.1, -0.05) is 13.8 Å². The van der Waals surface area contributed by atoms with E-state index in [0.29, 0.717) is 6.54 Å². The number of hydrogen-bond acceptors (Lipinski definition) is 5. The molecule has 22 heavy (non-hydrogen) atoms. The van der Waals surface area contributed by atoms with Crippen LogP contribution in [0.2, 0.25) is 0 Å². The number of amides is 1. The molecule has 0 saturated heterocycles. The maximum atomic E-state index is 12.3. The van der Waals surface area contributed by atoms with Crippen molar-refractivity contribution in [3.05, 3.63) is 35.0 Å². The summed E-state index contributed by atoms with van der Waals surface area (Å²) >= 11 is 1.68. The van der Waals surface area contributed by atoms with Gasteiger partial charge in [-0.15, -0.1) is 0 Å². The fourth-order valence-electron chi connectivity index (χ4n) is 2.47. The Kier molecular flexibility index (Phi) is 6.09. The Labute approximate surface area is 135 Å². The molecule has 0 aliphatic heterocycles. The second kappa shape index (κ2) is 8.05. The standard InChI is InChI=1S/C15H23N5OS/c1-4-19(5-2)14(13-6-7-22-9-13)8-17-15(21)12(3)20-11-16-10-18-20/h6-7,9-12,14H,4-5,8H2,1-3H3,(H,17,21). The van der Waals surface area contributed by atoms with Gasteiger partial charge in [-0.05, 0) is 42.4 Å². The minimum atomic E-state index is -0.359. The fourth-order valence-corrected chi connectivity index (χ4v) is 3.18. The van der Waals surface area contributed by atoms with Crippen molar-refractivity contribution >= 4 is 17.2 Å². The molecule has 2 atom stereocenters. The predicted octanol–water partition coefficient (Wildman–Crippen LogP) is 2.10.